The predicted octanol–water partition coefficient (Wildman–Crippen LogP) is 3.65. The van der Waals surface area contributed by atoms with Gasteiger partial charge in [-0.3, -0.25) is 9.62 Å². The van der Waals surface area contributed by atoms with Gasteiger partial charge in [0.15, 0.2) is 0 Å². The molecular weight excluding hydrogens is 429 g/mol. The maximum atomic E-state index is 13.3. The van der Waals surface area contributed by atoms with Gasteiger partial charge in [0, 0.05) is 24.0 Å². The van der Waals surface area contributed by atoms with Crippen LogP contribution in [0.1, 0.15) is 24.6 Å². The van der Waals surface area contributed by atoms with Crippen LogP contribution in [0.5, 0.6) is 0 Å². The average Bonchev–Trinajstić information content (AvgIpc) is 3.26. The summed E-state index contributed by atoms with van der Waals surface area (Å²) in [5.74, 6) is -0.293. The van der Waals surface area contributed by atoms with Crippen molar-refractivity contribution in [2.24, 2.45) is 0 Å². The number of fused-ring (bicyclic) bond motifs is 1. The summed E-state index contributed by atoms with van der Waals surface area (Å²) in [5.41, 5.74) is 3.51. The minimum Gasteiger partial charge on any atom is -0.395 e. The highest BCUT2D eigenvalue weighted by atomic mass is 32.2. The normalized spacial score (nSPS) is 14.2. The molecule has 1 aromatic heterocycles. The molecule has 0 saturated heterocycles. The van der Waals surface area contributed by atoms with E-state index in [4.69, 9.17) is 5.11 Å². The first-order valence-corrected chi connectivity index (χ1v) is 11.4. The van der Waals surface area contributed by atoms with E-state index in [1.54, 1.807) is 27.9 Å². The van der Waals surface area contributed by atoms with Crippen molar-refractivity contribution in [2.75, 3.05) is 18.1 Å². The van der Waals surface area contributed by atoms with Gasteiger partial charge in [0.2, 0.25) is 0 Å². The van der Waals surface area contributed by atoms with Crippen molar-refractivity contribution in [3.8, 4) is 5.69 Å². The predicted molar refractivity (Wildman–Crippen MR) is 123 cm³/mol. The Morgan fingerprint density at radius 3 is 2.69 bits per heavy atom. The second-order valence-electron chi connectivity index (χ2n) is 7.73. The zero-order chi connectivity index (χ0) is 22.5. The molecule has 3 aromatic rings. The number of halogens is 1. The lowest BCUT2D eigenvalue weighted by Gasteiger charge is -2.27. The molecule has 0 aliphatic carbocycles. The molecule has 168 valence electrons. The highest BCUT2D eigenvalue weighted by molar-refractivity contribution is 7.97. The Balaban J connectivity index is 1.38. The quantitative estimate of drug-likeness (QED) is 0.474. The van der Waals surface area contributed by atoms with Crippen LogP contribution in [0.25, 0.3) is 5.69 Å². The molecule has 1 aliphatic rings. The third kappa shape index (κ3) is 5.12. The summed E-state index contributed by atoms with van der Waals surface area (Å²) in [6.45, 7) is 3.03. The van der Waals surface area contributed by atoms with E-state index >= 15 is 0 Å². The number of urea groups is 1. The van der Waals surface area contributed by atoms with Crippen molar-refractivity contribution in [3.63, 3.8) is 0 Å². The summed E-state index contributed by atoms with van der Waals surface area (Å²) in [6.07, 6.45) is 3.33. The number of anilines is 1. The van der Waals surface area contributed by atoms with Gasteiger partial charge in [0.25, 0.3) is 0 Å². The number of nitrogens with one attached hydrogen (secondary N) is 2. The van der Waals surface area contributed by atoms with E-state index in [0.29, 0.717) is 13.1 Å². The Morgan fingerprint density at radius 2 is 1.97 bits per heavy atom. The van der Waals surface area contributed by atoms with Crippen molar-refractivity contribution in [2.45, 2.75) is 37.2 Å². The minimum atomic E-state index is -0.293. The van der Waals surface area contributed by atoms with Crippen molar-refractivity contribution in [1.29, 1.82) is 0 Å². The van der Waals surface area contributed by atoms with Crippen LogP contribution in [0.4, 0.5) is 14.9 Å². The number of carbonyl (C=O) groups excluding carboxylic acids is 1. The smallest absolute Gasteiger partial charge is 0.322 e. The first kappa shape index (κ1) is 22.3. The van der Waals surface area contributed by atoms with Crippen LogP contribution in [0, 0.1) is 5.82 Å². The van der Waals surface area contributed by atoms with Gasteiger partial charge in [-0.25, -0.2) is 13.9 Å². The molecule has 0 fully saturated rings. The monoisotopic (exact) mass is 455 g/mol. The number of nitrogens with zero attached hydrogens (tertiary/aromatic N) is 3. The van der Waals surface area contributed by atoms with Gasteiger partial charge < -0.3 is 10.4 Å². The maximum absolute atomic E-state index is 13.3. The van der Waals surface area contributed by atoms with Gasteiger partial charge in [-0.05, 0) is 73.7 Å². The summed E-state index contributed by atoms with van der Waals surface area (Å²) in [4.78, 5) is 15.6. The van der Waals surface area contributed by atoms with Crippen molar-refractivity contribution in [1.82, 2.24) is 19.8 Å². The van der Waals surface area contributed by atoms with E-state index in [-0.39, 0.29) is 24.5 Å². The Morgan fingerprint density at radius 1 is 1.22 bits per heavy atom. The molecule has 1 unspecified atom stereocenters. The summed E-state index contributed by atoms with van der Waals surface area (Å²) in [6, 6.07) is 13.9. The molecular formula is C23H26FN5O2S. The van der Waals surface area contributed by atoms with Crippen molar-refractivity contribution < 1.29 is 14.3 Å². The number of rotatable bonds is 7. The molecule has 9 heteroatoms. The molecule has 7 nitrogen and oxygen atoms in total. The minimum absolute atomic E-state index is 0.0146. The lowest BCUT2D eigenvalue weighted by Crippen LogP contribution is -2.42. The van der Waals surface area contributed by atoms with Gasteiger partial charge in [-0.1, -0.05) is 12.1 Å². The van der Waals surface area contributed by atoms with E-state index in [9.17, 15) is 9.18 Å². The molecule has 2 aromatic carbocycles. The molecule has 1 aliphatic heterocycles. The van der Waals surface area contributed by atoms with Crippen LogP contribution in [0.3, 0.4) is 0 Å². The Bertz CT molecular complexity index is 1060. The third-order valence-corrected chi connectivity index (χ3v) is 6.30. The van der Waals surface area contributed by atoms with E-state index < -0.39 is 0 Å². The molecule has 0 radical (unpaired) electrons. The number of benzene rings is 2. The SMILES string of the molecule is CC(CO)NSc1ccc(CNC(=O)N2CCCc3c2cnn3-c2ccc(F)cc2)cc1. The molecule has 2 heterocycles. The van der Waals surface area contributed by atoms with E-state index in [0.717, 1.165) is 40.4 Å². The maximum Gasteiger partial charge on any atom is 0.322 e. The number of aromatic nitrogens is 2. The van der Waals surface area contributed by atoms with Gasteiger partial charge in [-0.15, -0.1) is 0 Å². The van der Waals surface area contributed by atoms with E-state index in [1.807, 2.05) is 31.2 Å². The van der Waals surface area contributed by atoms with Crippen LogP contribution in [-0.4, -0.2) is 40.1 Å². The van der Waals surface area contributed by atoms with Gasteiger partial charge in [-0.2, -0.15) is 5.10 Å². The van der Waals surface area contributed by atoms with Crippen LogP contribution < -0.4 is 14.9 Å². The van der Waals surface area contributed by atoms with Crippen LogP contribution in [0.2, 0.25) is 0 Å². The lowest BCUT2D eigenvalue weighted by molar-refractivity contribution is 0.245. The first-order chi connectivity index (χ1) is 15.5. The summed E-state index contributed by atoms with van der Waals surface area (Å²) >= 11 is 1.47. The Labute approximate surface area is 190 Å². The van der Waals surface area contributed by atoms with Gasteiger partial charge in [0.05, 0.1) is 29.9 Å². The van der Waals surface area contributed by atoms with Crippen LogP contribution in [-0.2, 0) is 13.0 Å². The number of carbonyl (C=O) groups is 1. The number of aliphatic hydroxyl groups is 1. The fraction of sp³-hybridized carbons (Fsp3) is 0.304. The second-order valence-corrected chi connectivity index (χ2v) is 8.64. The third-order valence-electron chi connectivity index (χ3n) is 5.27. The standard InChI is InChI=1S/C23H26FN5O2S/c1-16(15-30)27-32-20-10-4-17(5-11-20)13-25-23(31)28-12-2-3-21-22(28)14-26-29(21)19-8-6-18(24)7-9-19/h4-11,14,16,27,30H,2-3,12-13,15H2,1H3,(H,25,31). The molecule has 4 rings (SSSR count). The molecule has 1 atom stereocenters. The number of hydrogen-bond acceptors (Lipinski definition) is 5. The first-order valence-electron chi connectivity index (χ1n) is 10.6. The van der Waals surface area contributed by atoms with E-state index in [1.165, 1.54) is 24.1 Å². The fourth-order valence-corrected chi connectivity index (χ4v) is 4.20. The number of amides is 2. The Hall–Kier alpha value is -2.88. The molecule has 3 N–H and O–H groups in total. The molecule has 0 bridgehead atoms. The largest absolute Gasteiger partial charge is 0.395 e. The fourth-order valence-electron chi connectivity index (χ4n) is 3.52. The number of hydrogen-bond donors (Lipinski definition) is 3. The van der Waals surface area contributed by atoms with Crippen LogP contribution in [0.15, 0.2) is 59.6 Å². The van der Waals surface area contributed by atoms with Gasteiger partial charge in [0.1, 0.15) is 5.82 Å². The summed E-state index contributed by atoms with van der Waals surface area (Å²) in [7, 11) is 0. The molecule has 0 saturated carbocycles. The molecule has 2 amide bonds. The zero-order valence-electron chi connectivity index (χ0n) is 17.8. The molecule has 0 spiro atoms. The van der Waals surface area contributed by atoms with Crippen molar-refractivity contribution in [3.05, 3.63) is 71.8 Å². The van der Waals surface area contributed by atoms with E-state index in [2.05, 4.69) is 15.1 Å². The van der Waals surface area contributed by atoms with Crippen molar-refractivity contribution >= 4 is 23.7 Å². The zero-order valence-corrected chi connectivity index (χ0v) is 18.6. The topological polar surface area (TPSA) is 82.4 Å². The van der Waals surface area contributed by atoms with Crippen LogP contribution >= 0.6 is 11.9 Å². The average molecular weight is 456 g/mol. The summed E-state index contributed by atoms with van der Waals surface area (Å²) < 4.78 is 18.2. The lowest BCUT2D eigenvalue weighted by atomic mass is 10.1. The highest BCUT2D eigenvalue weighted by Gasteiger charge is 2.26. The Kier molecular flexibility index (Phi) is 7.09. The summed E-state index contributed by atoms with van der Waals surface area (Å²) in [5, 5.41) is 16.5. The molecule has 32 heavy (non-hydrogen) atoms. The number of aliphatic hydroxyl groups excluding tert-OH is 1. The van der Waals surface area contributed by atoms with Gasteiger partial charge >= 0.3 is 6.03 Å². The second kappa shape index (κ2) is 10.2. The highest BCUT2D eigenvalue weighted by Crippen LogP contribution is 2.29.